The summed E-state index contributed by atoms with van der Waals surface area (Å²) in [6.07, 6.45) is 1.97. The van der Waals surface area contributed by atoms with Crippen molar-refractivity contribution in [2.24, 2.45) is 0 Å². The molecule has 0 unspecified atom stereocenters. The Morgan fingerprint density at radius 3 is 2.50 bits per heavy atom. The fraction of sp³-hybridized carbons (Fsp3) is 0.125. The van der Waals surface area contributed by atoms with E-state index in [0.29, 0.717) is 5.56 Å². The SMILES string of the molecule is CSCc1cccc(C(=O)NNC(=O)c2ccccc2F)c1. The van der Waals surface area contributed by atoms with Crippen molar-refractivity contribution >= 4 is 23.6 Å². The van der Waals surface area contributed by atoms with Gasteiger partial charge in [-0.05, 0) is 36.1 Å². The highest BCUT2D eigenvalue weighted by molar-refractivity contribution is 7.97. The van der Waals surface area contributed by atoms with Crippen molar-refractivity contribution in [3.05, 3.63) is 71.0 Å². The van der Waals surface area contributed by atoms with E-state index in [4.69, 9.17) is 0 Å². The van der Waals surface area contributed by atoms with Crippen LogP contribution >= 0.6 is 11.8 Å². The molecular formula is C16H15FN2O2S. The van der Waals surface area contributed by atoms with Crippen molar-refractivity contribution in [2.75, 3.05) is 6.26 Å². The number of benzene rings is 2. The number of halogens is 1. The first-order valence-corrected chi connectivity index (χ1v) is 7.94. The highest BCUT2D eigenvalue weighted by Crippen LogP contribution is 2.11. The van der Waals surface area contributed by atoms with Crippen molar-refractivity contribution in [2.45, 2.75) is 5.75 Å². The van der Waals surface area contributed by atoms with Crippen LogP contribution in [-0.4, -0.2) is 18.1 Å². The minimum absolute atomic E-state index is 0.126. The molecule has 0 bridgehead atoms. The molecule has 0 aromatic heterocycles. The molecule has 6 heteroatoms. The third kappa shape index (κ3) is 4.08. The zero-order chi connectivity index (χ0) is 15.9. The normalized spacial score (nSPS) is 10.1. The third-order valence-electron chi connectivity index (χ3n) is 2.91. The van der Waals surface area contributed by atoms with Gasteiger partial charge in [0.25, 0.3) is 11.8 Å². The Balaban J connectivity index is 1.99. The van der Waals surface area contributed by atoms with Crippen molar-refractivity contribution in [3.63, 3.8) is 0 Å². The highest BCUT2D eigenvalue weighted by atomic mass is 32.2. The molecule has 2 rings (SSSR count). The summed E-state index contributed by atoms with van der Waals surface area (Å²) in [6.45, 7) is 0. The predicted octanol–water partition coefficient (Wildman–Crippen LogP) is 2.76. The van der Waals surface area contributed by atoms with E-state index in [1.807, 2.05) is 12.3 Å². The van der Waals surface area contributed by atoms with Crippen molar-refractivity contribution in [3.8, 4) is 0 Å². The second-order valence-electron chi connectivity index (χ2n) is 4.52. The van der Waals surface area contributed by atoms with Crippen LogP contribution in [0.2, 0.25) is 0 Å². The van der Waals surface area contributed by atoms with Gasteiger partial charge in [0.2, 0.25) is 0 Å². The van der Waals surface area contributed by atoms with E-state index in [-0.39, 0.29) is 5.56 Å². The Labute approximate surface area is 132 Å². The van der Waals surface area contributed by atoms with E-state index in [1.165, 1.54) is 18.2 Å². The predicted molar refractivity (Wildman–Crippen MR) is 85.0 cm³/mol. The molecule has 0 heterocycles. The molecule has 2 aromatic carbocycles. The van der Waals surface area contributed by atoms with Gasteiger partial charge in [-0.25, -0.2) is 4.39 Å². The lowest BCUT2D eigenvalue weighted by Crippen LogP contribution is -2.41. The van der Waals surface area contributed by atoms with Gasteiger partial charge in [0.15, 0.2) is 0 Å². The largest absolute Gasteiger partial charge is 0.272 e. The first kappa shape index (κ1) is 16.0. The molecule has 0 aliphatic carbocycles. The molecule has 0 aliphatic heterocycles. The number of rotatable bonds is 4. The first-order chi connectivity index (χ1) is 10.6. The van der Waals surface area contributed by atoms with Gasteiger partial charge in [0.1, 0.15) is 5.82 Å². The van der Waals surface area contributed by atoms with Crippen LogP contribution in [0.15, 0.2) is 48.5 Å². The Kier molecular flexibility index (Phi) is 5.55. The van der Waals surface area contributed by atoms with Gasteiger partial charge in [-0.1, -0.05) is 24.3 Å². The number of hydrogen-bond donors (Lipinski definition) is 2. The third-order valence-corrected chi connectivity index (χ3v) is 3.53. The van der Waals surface area contributed by atoms with E-state index in [2.05, 4.69) is 10.9 Å². The number of hydrazine groups is 1. The summed E-state index contributed by atoms with van der Waals surface area (Å²) < 4.78 is 13.4. The Morgan fingerprint density at radius 2 is 1.77 bits per heavy atom. The Bertz CT molecular complexity index is 691. The van der Waals surface area contributed by atoms with Crippen LogP contribution in [0.1, 0.15) is 26.3 Å². The number of hydrogen-bond acceptors (Lipinski definition) is 3. The quantitative estimate of drug-likeness (QED) is 0.852. The van der Waals surface area contributed by atoms with Crippen LogP contribution in [0, 0.1) is 5.82 Å². The second kappa shape index (κ2) is 7.61. The zero-order valence-corrected chi connectivity index (χ0v) is 12.7. The van der Waals surface area contributed by atoms with E-state index >= 15 is 0 Å². The van der Waals surface area contributed by atoms with Crippen LogP contribution < -0.4 is 10.9 Å². The van der Waals surface area contributed by atoms with Crippen molar-refractivity contribution in [1.29, 1.82) is 0 Å². The lowest BCUT2D eigenvalue weighted by Gasteiger charge is -2.08. The van der Waals surface area contributed by atoms with Crippen LogP contribution in [-0.2, 0) is 5.75 Å². The van der Waals surface area contributed by atoms with Crippen LogP contribution in [0.4, 0.5) is 4.39 Å². The summed E-state index contributed by atoms with van der Waals surface area (Å²) >= 11 is 1.65. The zero-order valence-electron chi connectivity index (χ0n) is 11.9. The van der Waals surface area contributed by atoms with Gasteiger partial charge in [-0.2, -0.15) is 11.8 Å². The summed E-state index contributed by atoms with van der Waals surface area (Å²) in [5.41, 5.74) is 5.81. The Morgan fingerprint density at radius 1 is 1.05 bits per heavy atom. The van der Waals surface area contributed by atoms with Gasteiger partial charge in [0.05, 0.1) is 5.56 Å². The average Bonchev–Trinajstić information content (AvgIpc) is 2.53. The maximum absolute atomic E-state index is 13.4. The topological polar surface area (TPSA) is 58.2 Å². The van der Waals surface area contributed by atoms with Gasteiger partial charge < -0.3 is 0 Å². The van der Waals surface area contributed by atoms with Gasteiger partial charge >= 0.3 is 0 Å². The Hall–Kier alpha value is -2.34. The molecule has 0 radical (unpaired) electrons. The molecule has 4 nitrogen and oxygen atoms in total. The number of thioether (sulfide) groups is 1. The monoisotopic (exact) mass is 318 g/mol. The average molecular weight is 318 g/mol. The maximum atomic E-state index is 13.4. The summed E-state index contributed by atoms with van der Waals surface area (Å²) in [6, 6.07) is 12.7. The lowest BCUT2D eigenvalue weighted by atomic mass is 10.1. The fourth-order valence-corrected chi connectivity index (χ4v) is 2.38. The number of carbonyl (C=O) groups excluding carboxylic acids is 2. The highest BCUT2D eigenvalue weighted by Gasteiger charge is 2.12. The molecule has 0 spiro atoms. The minimum Gasteiger partial charge on any atom is -0.267 e. The molecule has 0 saturated carbocycles. The van der Waals surface area contributed by atoms with Gasteiger partial charge in [0, 0.05) is 11.3 Å². The maximum Gasteiger partial charge on any atom is 0.272 e. The van der Waals surface area contributed by atoms with Crippen LogP contribution in [0.5, 0.6) is 0 Å². The summed E-state index contributed by atoms with van der Waals surface area (Å²) in [5.74, 6) is -1.00. The smallest absolute Gasteiger partial charge is 0.267 e. The number of nitrogens with one attached hydrogen (secondary N) is 2. The number of amides is 2. The molecule has 2 N–H and O–H groups in total. The summed E-state index contributed by atoms with van der Waals surface area (Å²) in [7, 11) is 0. The molecule has 2 amide bonds. The lowest BCUT2D eigenvalue weighted by molar-refractivity contribution is 0.0844. The van der Waals surface area contributed by atoms with Crippen LogP contribution in [0.25, 0.3) is 0 Å². The van der Waals surface area contributed by atoms with E-state index in [9.17, 15) is 14.0 Å². The molecule has 0 fully saturated rings. The van der Waals surface area contributed by atoms with Crippen molar-refractivity contribution < 1.29 is 14.0 Å². The summed E-state index contributed by atoms with van der Waals surface area (Å²) in [4.78, 5) is 23.8. The molecule has 22 heavy (non-hydrogen) atoms. The summed E-state index contributed by atoms with van der Waals surface area (Å²) in [5, 5.41) is 0. The van der Waals surface area contributed by atoms with Crippen LogP contribution in [0.3, 0.4) is 0 Å². The van der Waals surface area contributed by atoms with E-state index < -0.39 is 17.6 Å². The molecule has 0 atom stereocenters. The number of carbonyl (C=O) groups is 2. The van der Waals surface area contributed by atoms with Crippen molar-refractivity contribution in [1.82, 2.24) is 10.9 Å². The molecule has 2 aromatic rings. The first-order valence-electron chi connectivity index (χ1n) is 6.55. The molecule has 114 valence electrons. The second-order valence-corrected chi connectivity index (χ2v) is 5.39. The molecular weight excluding hydrogens is 303 g/mol. The molecule has 0 saturated heterocycles. The van der Waals surface area contributed by atoms with Gasteiger partial charge in [-0.15, -0.1) is 0 Å². The van der Waals surface area contributed by atoms with E-state index in [0.717, 1.165) is 11.3 Å². The minimum atomic E-state index is -0.702. The van der Waals surface area contributed by atoms with Gasteiger partial charge in [-0.3, -0.25) is 20.4 Å². The fourth-order valence-electron chi connectivity index (χ4n) is 1.87. The van der Waals surface area contributed by atoms with E-state index in [1.54, 1.807) is 36.0 Å². The molecule has 0 aliphatic rings. The standard InChI is InChI=1S/C16H15FN2O2S/c1-22-10-11-5-4-6-12(9-11)15(20)18-19-16(21)13-7-2-3-8-14(13)17/h2-9H,10H2,1H3,(H,18,20)(H,19,21).